The molecule has 8 heteroatoms. The molecule has 0 bridgehead atoms. The fourth-order valence-electron chi connectivity index (χ4n) is 0.963. The second-order valence-corrected chi connectivity index (χ2v) is 3.00. The molecule has 0 aliphatic heterocycles. The molecule has 1 rings (SSSR count). The smallest absolute Gasteiger partial charge is 0.310 e. The topological polar surface area (TPSA) is 91.8 Å². The fourth-order valence-corrected chi connectivity index (χ4v) is 1.12. The normalized spacial score (nSPS) is 9.07. The number of nitrogens with one attached hydrogen (secondary N) is 1. The van der Waals surface area contributed by atoms with Crippen LogP contribution in [0.4, 0.5) is 11.4 Å². The number of halogens is 1. The molecule has 0 aliphatic rings. The van der Waals surface area contributed by atoms with Crippen LogP contribution in [0.15, 0.2) is 12.3 Å². The fraction of sp³-hybridized carbons (Fsp3) is 0.143. The van der Waals surface area contributed by atoms with Crippen molar-refractivity contribution in [2.45, 2.75) is 0 Å². The van der Waals surface area contributed by atoms with Gasteiger partial charge >= 0.3 is 5.69 Å². The molecule has 1 aromatic rings. The van der Waals surface area contributed by atoms with Gasteiger partial charge in [-0.15, -0.1) is 0 Å². The van der Waals surface area contributed by atoms with E-state index in [1.807, 2.05) is 5.97 Å². The van der Waals surface area contributed by atoms with Gasteiger partial charge in [-0.25, -0.2) is 10.2 Å². The molecule has 0 unspecified atom stereocenters. The van der Waals surface area contributed by atoms with Crippen LogP contribution in [0.5, 0.6) is 0 Å². The van der Waals surface area contributed by atoms with Gasteiger partial charge in [0.1, 0.15) is 17.0 Å². The largest absolute Gasteiger partial charge is 0.386 e. The van der Waals surface area contributed by atoms with Crippen LogP contribution in [0.1, 0.15) is 0 Å². The van der Waals surface area contributed by atoms with E-state index in [4.69, 9.17) is 16.9 Å². The van der Waals surface area contributed by atoms with Gasteiger partial charge in [0.15, 0.2) is 0 Å². The molecule has 0 spiro atoms. The highest BCUT2D eigenvalue weighted by Gasteiger charge is 2.14. The number of nitro groups is 1. The number of hydrogen-bond donors (Lipinski definition) is 1. The summed E-state index contributed by atoms with van der Waals surface area (Å²) >= 11 is 5.60. The van der Waals surface area contributed by atoms with E-state index in [1.165, 1.54) is 6.07 Å². The van der Waals surface area contributed by atoms with Gasteiger partial charge in [-0.05, 0) is 5.97 Å². The SMILES string of the molecule is N#CBCNc1cc(Cl)ncc1[N+](=O)[O-]. The number of anilines is 1. The summed E-state index contributed by atoms with van der Waals surface area (Å²) < 4.78 is 0. The minimum Gasteiger partial charge on any atom is -0.386 e. The lowest BCUT2D eigenvalue weighted by Gasteiger charge is -2.03. The summed E-state index contributed by atoms with van der Waals surface area (Å²) in [5.74, 6) is 1.92. The second-order valence-electron chi connectivity index (χ2n) is 2.62. The molecule has 0 amide bonds. The summed E-state index contributed by atoms with van der Waals surface area (Å²) in [7, 11) is 0.261. The van der Waals surface area contributed by atoms with Gasteiger partial charge in [-0.3, -0.25) is 10.1 Å². The van der Waals surface area contributed by atoms with Crippen molar-refractivity contribution in [2.75, 3.05) is 11.8 Å². The van der Waals surface area contributed by atoms with Crippen molar-refractivity contribution in [1.29, 1.82) is 5.26 Å². The third-order valence-electron chi connectivity index (χ3n) is 1.60. The van der Waals surface area contributed by atoms with E-state index in [0.29, 0.717) is 6.44 Å². The standard InChI is InChI=1S/C7H6BClN4O2/c9-7-1-5(12-4-8-3-10)6(2-11-7)13(14)15/h1-2,8H,4H2,(H,11,12). The Balaban J connectivity index is 2.88. The Morgan fingerprint density at radius 1 is 1.80 bits per heavy atom. The van der Waals surface area contributed by atoms with Crippen LogP contribution in [0.3, 0.4) is 0 Å². The molecule has 0 saturated carbocycles. The number of aromatic nitrogens is 1. The molecule has 76 valence electrons. The summed E-state index contributed by atoms with van der Waals surface area (Å²) in [6.45, 7) is 0. The number of nitrogens with zero attached hydrogens (tertiary/aromatic N) is 3. The van der Waals surface area contributed by atoms with Gasteiger partial charge < -0.3 is 5.32 Å². The summed E-state index contributed by atoms with van der Waals surface area (Å²) in [5, 5.41) is 21.8. The van der Waals surface area contributed by atoms with Gasteiger partial charge in [0.2, 0.25) is 0 Å². The van der Waals surface area contributed by atoms with E-state index < -0.39 is 4.92 Å². The molecule has 0 aromatic carbocycles. The Kier molecular flexibility index (Phi) is 3.88. The van der Waals surface area contributed by atoms with Crippen LogP contribution in [-0.4, -0.2) is 23.6 Å². The monoisotopic (exact) mass is 224 g/mol. The summed E-state index contributed by atoms with van der Waals surface area (Å²) in [6, 6.07) is 1.36. The van der Waals surface area contributed by atoms with Crippen molar-refractivity contribution >= 4 is 30.3 Å². The van der Waals surface area contributed by atoms with Gasteiger partial charge in [0, 0.05) is 12.5 Å². The number of hydrogen-bond acceptors (Lipinski definition) is 5. The van der Waals surface area contributed by atoms with Crippen LogP contribution < -0.4 is 5.32 Å². The Bertz CT molecular complexity index is 420. The molecule has 0 fully saturated rings. The van der Waals surface area contributed by atoms with E-state index in [0.717, 1.165) is 6.20 Å². The lowest BCUT2D eigenvalue weighted by molar-refractivity contribution is -0.384. The summed E-state index contributed by atoms with van der Waals surface area (Å²) in [5.41, 5.74) is 0.118. The number of pyridine rings is 1. The minimum absolute atomic E-state index is 0.155. The highest BCUT2D eigenvalue weighted by Crippen LogP contribution is 2.25. The molecular formula is C7H6BClN4O2. The first-order chi connectivity index (χ1) is 7.15. The third kappa shape index (κ3) is 3.11. The van der Waals surface area contributed by atoms with Crippen LogP contribution >= 0.6 is 11.6 Å². The highest BCUT2D eigenvalue weighted by molar-refractivity contribution is 6.45. The molecule has 1 heterocycles. The molecule has 0 saturated heterocycles. The Morgan fingerprint density at radius 3 is 3.13 bits per heavy atom. The van der Waals surface area contributed by atoms with Crippen molar-refractivity contribution in [3.8, 4) is 5.97 Å². The Labute approximate surface area is 91.3 Å². The molecule has 0 radical (unpaired) electrons. The van der Waals surface area contributed by atoms with E-state index in [2.05, 4.69) is 10.3 Å². The lowest BCUT2D eigenvalue weighted by atomic mass is 9.82. The van der Waals surface area contributed by atoms with Crippen molar-refractivity contribution in [3.63, 3.8) is 0 Å². The van der Waals surface area contributed by atoms with Gasteiger partial charge in [-0.2, -0.15) is 0 Å². The molecule has 6 nitrogen and oxygen atoms in total. The first-order valence-electron chi connectivity index (χ1n) is 4.06. The summed E-state index contributed by atoms with van der Waals surface area (Å²) in [4.78, 5) is 13.6. The maximum absolute atomic E-state index is 10.6. The Morgan fingerprint density at radius 2 is 2.53 bits per heavy atom. The van der Waals surface area contributed by atoms with Crippen molar-refractivity contribution in [3.05, 3.63) is 27.5 Å². The van der Waals surface area contributed by atoms with Gasteiger partial charge in [0.05, 0.1) is 4.92 Å². The molecule has 1 aromatic heterocycles. The molecular weight excluding hydrogens is 218 g/mol. The molecule has 15 heavy (non-hydrogen) atoms. The first kappa shape index (κ1) is 11.3. The number of rotatable bonds is 4. The average molecular weight is 224 g/mol. The van der Waals surface area contributed by atoms with Crippen LogP contribution in [-0.2, 0) is 0 Å². The molecule has 0 aliphatic carbocycles. The molecule has 0 atom stereocenters. The molecule has 1 N–H and O–H groups in total. The van der Waals surface area contributed by atoms with E-state index in [1.54, 1.807) is 0 Å². The van der Waals surface area contributed by atoms with E-state index in [9.17, 15) is 10.1 Å². The third-order valence-corrected chi connectivity index (χ3v) is 1.81. The number of nitriles is 1. The van der Waals surface area contributed by atoms with Crippen LogP contribution in [0.25, 0.3) is 0 Å². The predicted molar refractivity (Wildman–Crippen MR) is 57.2 cm³/mol. The second kappa shape index (κ2) is 5.17. The van der Waals surface area contributed by atoms with Crippen LogP contribution in [0.2, 0.25) is 5.15 Å². The zero-order valence-electron chi connectivity index (χ0n) is 7.61. The maximum Gasteiger partial charge on any atom is 0.310 e. The summed E-state index contributed by atoms with van der Waals surface area (Å²) in [6.07, 6.45) is 1.41. The predicted octanol–water partition coefficient (Wildman–Crippen LogP) is 0.930. The van der Waals surface area contributed by atoms with Crippen molar-refractivity contribution < 1.29 is 4.92 Å². The maximum atomic E-state index is 10.6. The minimum atomic E-state index is -0.558. The van der Waals surface area contributed by atoms with Crippen LogP contribution in [0, 0.1) is 21.3 Å². The van der Waals surface area contributed by atoms with Gasteiger partial charge in [-0.1, -0.05) is 11.6 Å². The Hall–Kier alpha value is -1.81. The lowest BCUT2D eigenvalue weighted by Crippen LogP contribution is -2.09. The van der Waals surface area contributed by atoms with Crippen molar-refractivity contribution in [1.82, 2.24) is 4.98 Å². The highest BCUT2D eigenvalue weighted by atomic mass is 35.5. The average Bonchev–Trinajstić information content (AvgIpc) is 2.18. The zero-order valence-corrected chi connectivity index (χ0v) is 8.36. The zero-order chi connectivity index (χ0) is 11.3. The van der Waals surface area contributed by atoms with E-state index in [-0.39, 0.29) is 23.8 Å². The first-order valence-corrected chi connectivity index (χ1v) is 4.43. The van der Waals surface area contributed by atoms with Gasteiger partial charge in [0.25, 0.3) is 7.28 Å². The quantitative estimate of drug-likeness (QED) is 0.270. The van der Waals surface area contributed by atoms with Crippen molar-refractivity contribution in [2.24, 2.45) is 0 Å². The van der Waals surface area contributed by atoms with E-state index >= 15 is 0 Å².